The van der Waals surface area contributed by atoms with Gasteiger partial charge in [-0.05, 0) is 56.1 Å². The van der Waals surface area contributed by atoms with Crippen LogP contribution in [-0.2, 0) is 6.54 Å². The molecular weight excluding hydrogens is 305 g/mol. The Morgan fingerprint density at radius 2 is 1.67 bits per heavy atom. The highest BCUT2D eigenvalue weighted by Crippen LogP contribution is 2.24. The quantitative estimate of drug-likeness (QED) is 0.926. The van der Waals surface area contributed by atoms with E-state index in [4.69, 9.17) is 28.9 Å². The lowest BCUT2D eigenvalue weighted by Crippen LogP contribution is -2.46. The van der Waals surface area contributed by atoms with Crippen LogP contribution in [0.5, 0.6) is 0 Å². The molecule has 0 amide bonds. The van der Waals surface area contributed by atoms with Crippen LogP contribution >= 0.6 is 23.2 Å². The normalized spacial score (nSPS) is 25.6. The van der Waals surface area contributed by atoms with Gasteiger partial charge in [0.25, 0.3) is 0 Å². The van der Waals surface area contributed by atoms with Gasteiger partial charge < -0.3 is 5.73 Å². The fourth-order valence-corrected chi connectivity index (χ4v) is 4.07. The second-order valence-electron chi connectivity index (χ2n) is 6.33. The molecule has 0 aliphatic carbocycles. The molecule has 1 atom stereocenters. The van der Waals surface area contributed by atoms with E-state index in [2.05, 4.69) is 9.80 Å². The molecule has 2 aliphatic rings. The molecule has 2 saturated heterocycles. The van der Waals surface area contributed by atoms with Crippen molar-refractivity contribution in [3.05, 3.63) is 33.8 Å². The Bertz CT molecular complexity index is 466. The zero-order valence-electron chi connectivity index (χ0n) is 12.3. The van der Waals surface area contributed by atoms with Gasteiger partial charge in [-0.3, -0.25) is 9.80 Å². The maximum Gasteiger partial charge on any atom is 0.0424 e. The van der Waals surface area contributed by atoms with E-state index in [9.17, 15) is 0 Å². The number of hydrogen-bond acceptors (Lipinski definition) is 3. The summed E-state index contributed by atoms with van der Waals surface area (Å²) in [5.41, 5.74) is 7.19. The van der Waals surface area contributed by atoms with Gasteiger partial charge in [-0.2, -0.15) is 0 Å². The molecule has 0 saturated carbocycles. The molecule has 21 heavy (non-hydrogen) atoms. The van der Waals surface area contributed by atoms with Crippen LogP contribution in [0.1, 0.15) is 24.8 Å². The highest BCUT2D eigenvalue weighted by Gasteiger charge is 2.29. The van der Waals surface area contributed by atoms with Gasteiger partial charge in [0.1, 0.15) is 0 Å². The number of likely N-dealkylation sites (tertiary alicyclic amines) is 2. The Labute approximate surface area is 137 Å². The van der Waals surface area contributed by atoms with Crippen LogP contribution in [0.2, 0.25) is 10.0 Å². The Morgan fingerprint density at radius 3 is 2.33 bits per heavy atom. The molecule has 2 fully saturated rings. The number of hydrogen-bond donors (Lipinski definition) is 1. The summed E-state index contributed by atoms with van der Waals surface area (Å²) in [6.07, 6.45) is 3.53. The van der Waals surface area contributed by atoms with Crippen molar-refractivity contribution in [1.82, 2.24) is 9.80 Å². The van der Waals surface area contributed by atoms with Crippen molar-refractivity contribution in [2.75, 3.05) is 26.2 Å². The predicted molar refractivity (Wildman–Crippen MR) is 88.9 cm³/mol. The summed E-state index contributed by atoms with van der Waals surface area (Å²) in [5, 5.41) is 1.44. The van der Waals surface area contributed by atoms with E-state index in [-0.39, 0.29) is 0 Å². The number of benzene rings is 1. The minimum absolute atomic E-state index is 0.410. The summed E-state index contributed by atoms with van der Waals surface area (Å²) in [6, 6.07) is 6.91. The first kappa shape index (κ1) is 15.6. The molecule has 3 rings (SSSR count). The number of halogens is 2. The van der Waals surface area contributed by atoms with Crippen molar-refractivity contribution in [2.24, 2.45) is 5.73 Å². The molecule has 0 radical (unpaired) electrons. The summed E-state index contributed by atoms with van der Waals surface area (Å²) in [5.74, 6) is 0. The van der Waals surface area contributed by atoms with Crippen molar-refractivity contribution >= 4 is 23.2 Å². The zero-order chi connectivity index (χ0) is 14.8. The van der Waals surface area contributed by atoms with Gasteiger partial charge in [-0.25, -0.2) is 0 Å². The molecule has 0 spiro atoms. The van der Waals surface area contributed by atoms with Gasteiger partial charge in [-0.15, -0.1) is 0 Å². The van der Waals surface area contributed by atoms with Gasteiger partial charge >= 0.3 is 0 Å². The highest BCUT2D eigenvalue weighted by molar-refractivity contribution is 6.34. The molecule has 116 valence electrons. The Hall–Kier alpha value is -0.320. The van der Waals surface area contributed by atoms with Crippen LogP contribution in [-0.4, -0.2) is 48.1 Å². The lowest BCUT2D eigenvalue weighted by Gasteiger charge is -2.34. The smallest absolute Gasteiger partial charge is 0.0424 e. The summed E-state index contributed by atoms with van der Waals surface area (Å²) in [6.45, 7) is 5.53. The largest absolute Gasteiger partial charge is 0.328 e. The molecule has 0 bridgehead atoms. The van der Waals surface area contributed by atoms with Gasteiger partial charge in [0.2, 0.25) is 0 Å². The van der Waals surface area contributed by atoms with Crippen molar-refractivity contribution in [3.63, 3.8) is 0 Å². The second-order valence-corrected chi connectivity index (χ2v) is 7.20. The van der Waals surface area contributed by atoms with Gasteiger partial charge in [0, 0.05) is 41.8 Å². The van der Waals surface area contributed by atoms with E-state index in [0.717, 1.165) is 55.6 Å². The fourth-order valence-electron chi connectivity index (χ4n) is 3.50. The van der Waals surface area contributed by atoms with Gasteiger partial charge in [-0.1, -0.05) is 23.2 Å². The van der Waals surface area contributed by atoms with E-state index in [1.807, 2.05) is 12.1 Å². The van der Waals surface area contributed by atoms with Crippen molar-refractivity contribution in [3.8, 4) is 0 Å². The summed E-state index contributed by atoms with van der Waals surface area (Å²) in [4.78, 5) is 5.12. The lowest BCUT2D eigenvalue weighted by atomic mass is 10.0. The van der Waals surface area contributed by atoms with Crippen LogP contribution in [0.15, 0.2) is 18.2 Å². The Balaban J connectivity index is 1.54. The monoisotopic (exact) mass is 327 g/mol. The van der Waals surface area contributed by atoms with Crippen molar-refractivity contribution in [2.45, 2.75) is 37.9 Å². The SMILES string of the molecule is NC1CCN(C2CCN(Cc3cc(Cl)cc(Cl)c3)C2)CC1. The topological polar surface area (TPSA) is 32.5 Å². The van der Waals surface area contributed by atoms with Crippen LogP contribution in [0.4, 0.5) is 0 Å². The average Bonchev–Trinajstić information content (AvgIpc) is 2.87. The molecule has 3 nitrogen and oxygen atoms in total. The molecular formula is C16H23Cl2N3. The third-order valence-electron chi connectivity index (χ3n) is 4.67. The maximum absolute atomic E-state index is 6.08. The second kappa shape index (κ2) is 6.84. The number of rotatable bonds is 3. The molecule has 0 aromatic heterocycles. The minimum atomic E-state index is 0.410. The maximum atomic E-state index is 6.08. The van der Waals surface area contributed by atoms with E-state index < -0.39 is 0 Å². The van der Waals surface area contributed by atoms with Crippen LogP contribution < -0.4 is 5.73 Å². The van der Waals surface area contributed by atoms with E-state index in [0.29, 0.717) is 12.1 Å². The number of piperidine rings is 1. The van der Waals surface area contributed by atoms with E-state index >= 15 is 0 Å². The third kappa shape index (κ3) is 4.11. The minimum Gasteiger partial charge on any atom is -0.328 e. The first-order valence-corrected chi connectivity index (χ1v) is 8.53. The Kier molecular flexibility index (Phi) is 5.07. The summed E-state index contributed by atoms with van der Waals surface area (Å²) < 4.78 is 0. The van der Waals surface area contributed by atoms with Crippen LogP contribution in [0.3, 0.4) is 0 Å². The summed E-state index contributed by atoms with van der Waals surface area (Å²) in [7, 11) is 0. The molecule has 5 heteroatoms. The Morgan fingerprint density at radius 1 is 1.00 bits per heavy atom. The molecule has 1 aromatic rings. The average molecular weight is 328 g/mol. The zero-order valence-corrected chi connectivity index (χ0v) is 13.8. The van der Waals surface area contributed by atoms with Gasteiger partial charge in [0.05, 0.1) is 0 Å². The predicted octanol–water partition coefficient (Wildman–Crippen LogP) is 2.99. The van der Waals surface area contributed by atoms with Crippen LogP contribution in [0.25, 0.3) is 0 Å². The number of nitrogens with two attached hydrogens (primary N) is 1. The lowest BCUT2D eigenvalue weighted by molar-refractivity contribution is 0.151. The number of nitrogens with zero attached hydrogens (tertiary/aromatic N) is 2. The standard InChI is InChI=1S/C16H23Cl2N3/c17-13-7-12(8-14(18)9-13)10-20-4-3-16(11-20)21-5-1-15(19)2-6-21/h7-9,15-16H,1-6,10-11,19H2. The molecule has 2 aliphatic heterocycles. The molecule has 1 unspecified atom stereocenters. The molecule has 2 N–H and O–H groups in total. The van der Waals surface area contributed by atoms with Crippen LogP contribution in [0, 0.1) is 0 Å². The summed E-state index contributed by atoms with van der Waals surface area (Å²) >= 11 is 12.2. The van der Waals surface area contributed by atoms with E-state index in [1.165, 1.54) is 12.0 Å². The van der Waals surface area contributed by atoms with Crippen molar-refractivity contribution in [1.29, 1.82) is 0 Å². The van der Waals surface area contributed by atoms with Crippen molar-refractivity contribution < 1.29 is 0 Å². The highest BCUT2D eigenvalue weighted by atomic mass is 35.5. The molecule has 1 aromatic carbocycles. The fraction of sp³-hybridized carbons (Fsp3) is 0.625. The first-order chi connectivity index (χ1) is 10.1. The van der Waals surface area contributed by atoms with E-state index in [1.54, 1.807) is 6.07 Å². The first-order valence-electron chi connectivity index (χ1n) is 7.77. The molecule has 2 heterocycles. The van der Waals surface area contributed by atoms with Gasteiger partial charge in [0.15, 0.2) is 0 Å². The third-order valence-corrected chi connectivity index (χ3v) is 5.10.